The highest BCUT2D eigenvalue weighted by Gasteiger charge is 1.96. The fourth-order valence-electron chi connectivity index (χ4n) is 1.67. The summed E-state index contributed by atoms with van der Waals surface area (Å²) >= 11 is 0. The third-order valence-electron chi connectivity index (χ3n) is 2.83. The van der Waals surface area contributed by atoms with Crippen LogP contribution in [0.2, 0.25) is 0 Å². The highest BCUT2D eigenvalue weighted by Crippen LogP contribution is 2.14. The van der Waals surface area contributed by atoms with Gasteiger partial charge in [-0.1, -0.05) is 45.2 Å². The summed E-state index contributed by atoms with van der Waals surface area (Å²) < 4.78 is 5.63. The van der Waals surface area contributed by atoms with Gasteiger partial charge < -0.3 is 4.74 Å². The first-order chi connectivity index (χ1) is 8.36. The first kappa shape index (κ1) is 14.1. The molecular formula is C16H25O. The van der Waals surface area contributed by atoms with Crippen molar-refractivity contribution in [3.63, 3.8) is 0 Å². The van der Waals surface area contributed by atoms with Crippen LogP contribution in [0.15, 0.2) is 24.3 Å². The van der Waals surface area contributed by atoms with Crippen LogP contribution in [0.3, 0.4) is 0 Å². The van der Waals surface area contributed by atoms with Crippen LogP contribution >= 0.6 is 0 Å². The van der Waals surface area contributed by atoms with E-state index in [2.05, 4.69) is 44.5 Å². The average molecular weight is 233 g/mol. The van der Waals surface area contributed by atoms with E-state index in [1.54, 1.807) is 0 Å². The van der Waals surface area contributed by atoms with E-state index in [-0.39, 0.29) is 0 Å². The molecule has 1 aromatic carbocycles. The van der Waals surface area contributed by atoms with E-state index < -0.39 is 0 Å². The minimum absolute atomic E-state index is 0.832. The Kier molecular flexibility index (Phi) is 7.53. The van der Waals surface area contributed by atoms with Gasteiger partial charge in [-0.25, -0.2) is 0 Å². The Morgan fingerprint density at radius 1 is 1.00 bits per heavy atom. The summed E-state index contributed by atoms with van der Waals surface area (Å²) in [6.07, 6.45) is 9.58. The summed E-state index contributed by atoms with van der Waals surface area (Å²) in [6.45, 7) is 5.24. The summed E-state index contributed by atoms with van der Waals surface area (Å²) in [5.41, 5.74) is 1.38. The van der Waals surface area contributed by atoms with Gasteiger partial charge in [-0.2, -0.15) is 0 Å². The first-order valence-corrected chi connectivity index (χ1v) is 6.90. The molecule has 0 N–H and O–H groups in total. The van der Waals surface area contributed by atoms with Crippen molar-refractivity contribution in [1.82, 2.24) is 0 Å². The van der Waals surface area contributed by atoms with Gasteiger partial charge in [0.05, 0.1) is 6.61 Å². The predicted molar refractivity (Wildman–Crippen MR) is 74.4 cm³/mol. The van der Waals surface area contributed by atoms with Crippen molar-refractivity contribution in [2.45, 2.75) is 52.4 Å². The fourth-order valence-corrected chi connectivity index (χ4v) is 1.67. The van der Waals surface area contributed by atoms with Gasteiger partial charge in [0.15, 0.2) is 0 Å². The van der Waals surface area contributed by atoms with Gasteiger partial charge >= 0.3 is 0 Å². The Labute approximate surface area is 106 Å². The van der Waals surface area contributed by atoms with E-state index in [4.69, 9.17) is 4.74 Å². The largest absolute Gasteiger partial charge is 0.494 e. The highest BCUT2D eigenvalue weighted by atomic mass is 16.5. The molecule has 0 fully saturated rings. The lowest BCUT2D eigenvalue weighted by Crippen LogP contribution is -1.96. The Morgan fingerprint density at radius 2 is 1.71 bits per heavy atom. The van der Waals surface area contributed by atoms with Gasteiger partial charge in [0.1, 0.15) is 5.75 Å². The standard InChI is InChI=1S/C16H25O/c1-3-5-7-8-9-15-10-12-16(13-11-15)17-14-6-4-2/h8,10-13H,3-7,9,14H2,1-2H3. The second kappa shape index (κ2) is 9.09. The van der Waals surface area contributed by atoms with Gasteiger partial charge in [-0.15, -0.1) is 0 Å². The molecule has 0 aliphatic heterocycles. The molecule has 1 aromatic rings. The van der Waals surface area contributed by atoms with Crippen molar-refractivity contribution >= 4 is 0 Å². The summed E-state index contributed by atoms with van der Waals surface area (Å²) in [7, 11) is 0. The molecule has 0 saturated heterocycles. The molecule has 0 atom stereocenters. The van der Waals surface area contributed by atoms with Crippen molar-refractivity contribution in [3.8, 4) is 5.75 Å². The van der Waals surface area contributed by atoms with Crippen LogP contribution in [-0.2, 0) is 6.42 Å². The lowest BCUT2D eigenvalue weighted by atomic mass is 10.1. The maximum Gasteiger partial charge on any atom is 0.119 e. The van der Waals surface area contributed by atoms with Crippen molar-refractivity contribution in [3.05, 3.63) is 36.2 Å². The van der Waals surface area contributed by atoms with Crippen LogP contribution in [0.4, 0.5) is 0 Å². The monoisotopic (exact) mass is 233 g/mol. The van der Waals surface area contributed by atoms with Gasteiger partial charge in [0, 0.05) is 0 Å². The van der Waals surface area contributed by atoms with Crippen molar-refractivity contribution < 1.29 is 4.74 Å². The van der Waals surface area contributed by atoms with Crippen LogP contribution in [0.25, 0.3) is 0 Å². The normalized spacial score (nSPS) is 10.5. The third kappa shape index (κ3) is 6.35. The molecule has 0 aromatic heterocycles. The van der Waals surface area contributed by atoms with E-state index in [0.717, 1.165) is 25.2 Å². The molecule has 0 spiro atoms. The Hall–Kier alpha value is -0.980. The van der Waals surface area contributed by atoms with E-state index in [1.807, 2.05) is 0 Å². The third-order valence-corrected chi connectivity index (χ3v) is 2.83. The Balaban J connectivity index is 2.24. The van der Waals surface area contributed by atoms with E-state index in [1.165, 1.54) is 31.2 Å². The first-order valence-electron chi connectivity index (χ1n) is 6.90. The number of rotatable bonds is 9. The Morgan fingerprint density at radius 3 is 2.35 bits per heavy atom. The highest BCUT2D eigenvalue weighted by molar-refractivity contribution is 5.27. The zero-order valence-electron chi connectivity index (χ0n) is 11.2. The molecule has 1 heteroatoms. The van der Waals surface area contributed by atoms with E-state index >= 15 is 0 Å². The molecule has 0 bridgehead atoms. The smallest absolute Gasteiger partial charge is 0.119 e. The molecule has 1 rings (SSSR count). The maximum atomic E-state index is 5.63. The van der Waals surface area contributed by atoms with Gasteiger partial charge in [0.2, 0.25) is 0 Å². The fraction of sp³-hybridized carbons (Fsp3) is 0.562. The maximum absolute atomic E-state index is 5.63. The quantitative estimate of drug-likeness (QED) is 0.556. The molecule has 1 radical (unpaired) electrons. The second-order valence-corrected chi connectivity index (χ2v) is 4.48. The summed E-state index contributed by atoms with van der Waals surface area (Å²) in [4.78, 5) is 0. The lowest BCUT2D eigenvalue weighted by molar-refractivity contribution is 0.309. The molecule has 0 aliphatic rings. The van der Waals surface area contributed by atoms with Gasteiger partial charge in [-0.05, 0) is 43.4 Å². The SMILES string of the molecule is CCCC[CH]Cc1ccc(OCCCC)cc1. The predicted octanol–water partition coefficient (Wildman–Crippen LogP) is 4.80. The molecular weight excluding hydrogens is 208 g/mol. The number of benzene rings is 1. The summed E-state index contributed by atoms with van der Waals surface area (Å²) in [6, 6.07) is 8.50. The summed E-state index contributed by atoms with van der Waals surface area (Å²) in [5, 5.41) is 0. The van der Waals surface area contributed by atoms with Crippen LogP contribution < -0.4 is 4.74 Å². The molecule has 0 aliphatic carbocycles. The van der Waals surface area contributed by atoms with E-state index in [9.17, 15) is 0 Å². The molecule has 0 unspecified atom stereocenters. The molecule has 95 valence electrons. The lowest BCUT2D eigenvalue weighted by Gasteiger charge is -2.06. The second-order valence-electron chi connectivity index (χ2n) is 4.48. The van der Waals surface area contributed by atoms with Gasteiger partial charge in [-0.3, -0.25) is 0 Å². The molecule has 17 heavy (non-hydrogen) atoms. The van der Waals surface area contributed by atoms with Crippen molar-refractivity contribution in [1.29, 1.82) is 0 Å². The topological polar surface area (TPSA) is 9.23 Å². The van der Waals surface area contributed by atoms with Crippen LogP contribution in [0, 0.1) is 6.42 Å². The average Bonchev–Trinajstić information content (AvgIpc) is 2.37. The van der Waals surface area contributed by atoms with Crippen LogP contribution in [0.5, 0.6) is 5.75 Å². The minimum Gasteiger partial charge on any atom is -0.494 e. The van der Waals surface area contributed by atoms with Crippen molar-refractivity contribution in [2.24, 2.45) is 0 Å². The number of unbranched alkanes of at least 4 members (excludes halogenated alkanes) is 4. The zero-order valence-corrected chi connectivity index (χ0v) is 11.2. The van der Waals surface area contributed by atoms with Crippen LogP contribution in [0.1, 0.15) is 51.5 Å². The molecule has 1 nitrogen and oxygen atoms in total. The minimum atomic E-state index is 0.832. The van der Waals surface area contributed by atoms with E-state index in [0.29, 0.717) is 0 Å². The molecule has 0 saturated carbocycles. The number of hydrogen-bond donors (Lipinski definition) is 0. The Bertz CT molecular complexity index is 276. The van der Waals surface area contributed by atoms with Gasteiger partial charge in [0.25, 0.3) is 0 Å². The summed E-state index contributed by atoms with van der Waals surface area (Å²) in [5.74, 6) is 0.996. The number of ether oxygens (including phenoxy) is 1. The van der Waals surface area contributed by atoms with Crippen LogP contribution in [-0.4, -0.2) is 6.61 Å². The molecule has 0 amide bonds. The zero-order chi connectivity index (χ0) is 12.3. The van der Waals surface area contributed by atoms with Crippen molar-refractivity contribution in [2.75, 3.05) is 6.61 Å². The number of hydrogen-bond acceptors (Lipinski definition) is 1. The molecule has 0 heterocycles.